The molecule has 0 radical (unpaired) electrons. The van der Waals surface area contributed by atoms with Gasteiger partial charge in [0.15, 0.2) is 0 Å². The number of benzene rings is 2. The van der Waals surface area contributed by atoms with E-state index in [1.165, 1.54) is 0 Å². The van der Waals surface area contributed by atoms with Crippen LogP contribution in [-0.4, -0.2) is 11.1 Å². The van der Waals surface area contributed by atoms with Crippen molar-refractivity contribution in [3.8, 4) is 6.07 Å². The van der Waals surface area contributed by atoms with E-state index < -0.39 is 17.8 Å². The van der Waals surface area contributed by atoms with Crippen LogP contribution in [0.15, 0.2) is 48.5 Å². The van der Waals surface area contributed by atoms with E-state index in [0.717, 1.165) is 5.56 Å². The van der Waals surface area contributed by atoms with Gasteiger partial charge in [-0.1, -0.05) is 59.6 Å². The number of carboxylic acid groups (broad SMARTS) is 1. The maximum Gasteiger partial charge on any atom is 0.304 e. The fraction of sp³-hybridized carbons (Fsp3) is 0.176. The van der Waals surface area contributed by atoms with Crippen LogP contribution < -0.4 is 0 Å². The molecule has 3 nitrogen and oxygen atoms in total. The third kappa shape index (κ3) is 3.79. The molecule has 0 saturated carbocycles. The van der Waals surface area contributed by atoms with Gasteiger partial charge in [-0.15, -0.1) is 0 Å². The lowest BCUT2D eigenvalue weighted by Crippen LogP contribution is -2.14. The summed E-state index contributed by atoms with van der Waals surface area (Å²) >= 11 is 11.9. The van der Waals surface area contributed by atoms with Crippen molar-refractivity contribution in [2.75, 3.05) is 0 Å². The minimum Gasteiger partial charge on any atom is -0.481 e. The zero-order valence-electron chi connectivity index (χ0n) is 11.5. The first-order valence-corrected chi connectivity index (χ1v) is 7.40. The van der Waals surface area contributed by atoms with Crippen molar-refractivity contribution in [3.63, 3.8) is 0 Å². The van der Waals surface area contributed by atoms with Crippen LogP contribution in [0.2, 0.25) is 10.0 Å². The minimum atomic E-state index is -0.950. The van der Waals surface area contributed by atoms with Gasteiger partial charge in [0, 0.05) is 5.92 Å². The Morgan fingerprint density at radius 3 is 2.32 bits per heavy atom. The average molecular weight is 334 g/mol. The molecule has 0 saturated heterocycles. The minimum absolute atomic E-state index is 0.136. The summed E-state index contributed by atoms with van der Waals surface area (Å²) < 4.78 is 0. The van der Waals surface area contributed by atoms with Crippen LogP contribution in [0.5, 0.6) is 0 Å². The summed E-state index contributed by atoms with van der Waals surface area (Å²) in [4.78, 5) is 11.2. The standard InChI is InChI=1S/C17H13Cl2NO2/c18-15-7-6-12(8-16(15)19)14(10-20)13(9-17(21)22)11-4-2-1-3-5-11/h1-8,13-14H,9H2,(H,21,22). The van der Waals surface area contributed by atoms with Crippen LogP contribution in [0, 0.1) is 11.3 Å². The molecule has 0 amide bonds. The number of hydrogen-bond acceptors (Lipinski definition) is 2. The summed E-state index contributed by atoms with van der Waals surface area (Å²) in [5, 5.41) is 19.5. The second-order valence-electron chi connectivity index (χ2n) is 4.90. The summed E-state index contributed by atoms with van der Waals surface area (Å²) in [6.07, 6.45) is -0.136. The summed E-state index contributed by atoms with van der Waals surface area (Å²) in [5.41, 5.74) is 1.47. The average Bonchev–Trinajstić information content (AvgIpc) is 2.51. The second kappa shape index (κ2) is 7.31. The Kier molecular flexibility index (Phi) is 5.43. The molecule has 1 N–H and O–H groups in total. The molecular formula is C17H13Cl2NO2. The molecule has 2 aromatic carbocycles. The lowest BCUT2D eigenvalue weighted by atomic mass is 9.80. The first-order chi connectivity index (χ1) is 10.5. The Labute approximate surface area is 138 Å². The van der Waals surface area contributed by atoms with Crippen molar-refractivity contribution >= 4 is 29.2 Å². The molecule has 0 bridgehead atoms. The van der Waals surface area contributed by atoms with E-state index in [2.05, 4.69) is 6.07 Å². The van der Waals surface area contributed by atoms with Gasteiger partial charge in [0.2, 0.25) is 0 Å². The van der Waals surface area contributed by atoms with Gasteiger partial charge in [-0.3, -0.25) is 4.79 Å². The zero-order chi connectivity index (χ0) is 16.1. The van der Waals surface area contributed by atoms with E-state index in [1.807, 2.05) is 30.3 Å². The number of nitrogens with zero attached hydrogens (tertiary/aromatic N) is 1. The van der Waals surface area contributed by atoms with E-state index >= 15 is 0 Å². The molecule has 0 aliphatic carbocycles. The Morgan fingerprint density at radius 2 is 1.77 bits per heavy atom. The first kappa shape index (κ1) is 16.4. The number of rotatable bonds is 5. The highest BCUT2D eigenvalue weighted by Gasteiger charge is 2.27. The molecule has 5 heteroatoms. The van der Waals surface area contributed by atoms with Crippen molar-refractivity contribution < 1.29 is 9.90 Å². The molecule has 112 valence electrons. The molecule has 0 fully saturated rings. The summed E-state index contributed by atoms with van der Waals surface area (Å²) in [6.45, 7) is 0. The maximum absolute atomic E-state index is 11.2. The van der Waals surface area contributed by atoms with Gasteiger partial charge in [-0.25, -0.2) is 0 Å². The van der Waals surface area contributed by atoms with Gasteiger partial charge in [0.05, 0.1) is 28.5 Å². The topological polar surface area (TPSA) is 61.1 Å². The van der Waals surface area contributed by atoms with Crippen molar-refractivity contribution in [1.29, 1.82) is 5.26 Å². The number of carbonyl (C=O) groups is 1. The summed E-state index contributed by atoms with van der Waals surface area (Å²) in [5.74, 6) is -2.02. The van der Waals surface area contributed by atoms with Crippen molar-refractivity contribution in [3.05, 3.63) is 69.7 Å². The van der Waals surface area contributed by atoms with Gasteiger partial charge in [-0.05, 0) is 23.3 Å². The molecule has 22 heavy (non-hydrogen) atoms. The van der Waals surface area contributed by atoms with Crippen LogP contribution in [0.3, 0.4) is 0 Å². The van der Waals surface area contributed by atoms with Gasteiger partial charge in [0.25, 0.3) is 0 Å². The number of hydrogen-bond donors (Lipinski definition) is 1. The third-order valence-corrected chi connectivity index (χ3v) is 4.21. The van der Waals surface area contributed by atoms with Gasteiger partial charge in [0.1, 0.15) is 0 Å². The van der Waals surface area contributed by atoms with Crippen molar-refractivity contribution in [2.24, 2.45) is 0 Å². The largest absolute Gasteiger partial charge is 0.481 e. The smallest absolute Gasteiger partial charge is 0.304 e. The molecular weight excluding hydrogens is 321 g/mol. The Morgan fingerprint density at radius 1 is 1.09 bits per heavy atom. The molecule has 2 unspecified atom stereocenters. The van der Waals surface area contributed by atoms with Crippen LogP contribution in [0.1, 0.15) is 29.4 Å². The molecule has 2 atom stereocenters. The van der Waals surface area contributed by atoms with Crippen LogP contribution in [0.4, 0.5) is 0 Å². The SMILES string of the molecule is N#CC(c1ccc(Cl)c(Cl)c1)C(CC(=O)O)c1ccccc1. The fourth-order valence-electron chi connectivity index (χ4n) is 2.42. The normalized spacial score (nSPS) is 13.1. The van der Waals surface area contributed by atoms with Crippen LogP contribution >= 0.6 is 23.2 Å². The molecule has 2 aromatic rings. The quantitative estimate of drug-likeness (QED) is 0.849. The lowest BCUT2D eigenvalue weighted by Gasteiger charge is -2.21. The highest BCUT2D eigenvalue weighted by molar-refractivity contribution is 6.42. The van der Waals surface area contributed by atoms with E-state index in [4.69, 9.17) is 23.2 Å². The van der Waals surface area contributed by atoms with Crippen LogP contribution in [-0.2, 0) is 4.79 Å². The predicted octanol–water partition coefficient (Wildman–Crippen LogP) is 4.86. The van der Waals surface area contributed by atoms with Crippen molar-refractivity contribution in [1.82, 2.24) is 0 Å². The van der Waals surface area contributed by atoms with E-state index in [0.29, 0.717) is 15.6 Å². The molecule has 0 aromatic heterocycles. The Hall–Kier alpha value is -2.02. The summed E-state index contributed by atoms with van der Waals surface area (Å²) in [6, 6.07) is 16.3. The Balaban J connectivity index is 2.45. The number of halogens is 2. The second-order valence-corrected chi connectivity index (χ2v) is 5.71. The highest BCUT2D eigenvalue weighted by atomic mass is 35.5. The van der Waals surface area contributed by atoms with E-state index in [-0.39, 0.29) is 6.42 Å². The lowest BCUT2D eigenvalue weighted by molar-refractivity contribution is -0.137. The summed E-state index contributed by atoms with van der Waals surface area (Å²) in [7, 11) is 0. The van der Waals surface area contributed by atoms with Crippen molar-refractivity contribution in [2.45, 2.75) is 18.3 Å². The zero-order valence-corrected chi connectivity index (χ0v) is 13.1. The van der Waals surface area contributed by atoms with Crippen LogP contribution in [0.25, 0.3) is 0 Å². The van der Waals surface area contributed by atoms with Gasteiger partial charge >= 0.3 is 5.97 Å². The molecule has 2 rings (SSSR count). The molecule has 0 aliphatic heterocycles. The van der Waals surface area contributed by atoms with Gasteiger partial charge < -0.3 is 5.11 Å². The maximum atomic E-state index is 11.2. The predicted molar refractivity (Wildman–Crippen MR) is 86.3 cm³/mol. The number of nitriles is 1. The molecule has 0 spiro atoms. The molecule has 0 heterocycles. The number of carboxylic acids is 1. The number of aliphatic carboxylic acids is 1. The monoisotopic (exact) mass is 333 g/mol. The third-order valence-electron chi connectivity index (χ3n) is 3.47. The van der Waals surface area contributed by atoms with E-state index in [1.54, 1.807) is 18.2 Å². The first-order valence-electron chi connectivity index (χ1n) is 6.64. The van der Waals surface area contributed by atoms with E-state index in [9.17, 15) is 15.2 Å². The highest BCUT2D eigenvalue weighted by Crippen LogP contribution is 2.37. The molecule has 0 aliphatic rings. The fourth-order valence-corrected chi connectivity index (χ4v) is 2.73. The Bertz CT molecular complexity index is 710. The van der Waals surface area contributed by atoms with Gasteiger partial charge in [-0.2, -0.15) is 5.26 Å².